The summed E-state index contributed by atoms with van der Waals surface area (Å²) in [5, 5.41) is 0. The van der Waals surface area contributed by atoms with Crippen LogP contribution >= 0.6 is 0 Å². The molecule has 0 atom stereocenters. The van der Waals surface area contributed by atoms with Gasteiger partial charge in [-0.15, -0.1) is 0 Å². The van der Waals surface area contributed by atoms with Crippen LogP contribution in [-0.2, 0) is 0 Å². The Morgan fingerprint density at radius 3 is 0.402 bits per heavy atom. The molecule has 0 aliphatic heterocycles. The first-order valence-corrected chi connectivity index (χ1v) is 45.5. The van der Waals surface area contributed by atoms with Crippen molar-refractivity contribution in [2.75, 3.05) is 22.9 Å². The second kappa shape index (κ2) is 39.9. The zero-order chi connectivity index (χ0) is 88.4. The van der Waals surface area contributed by atoms with Gasteiger partial charge in [-0.05, 0) is 251 Å². The van der Waals surface area contributed by atoms with E-state index in [1.807, 2.05) is 0 Å². The molecule has 132 heavy (non-hydrogen) atoms. The van der Waals surface area contributed by atoms with Gasteiger partial charge in [-0.25, -0.2) is 0 Å². The quantitative estimate of drug-likeness (QED) is 0.0474. The molecule has 0 aliphatic rings. The van der Waals surface area contributed by atoms with Crippen molar-refractivity contribution < 1.29 is 0 Å². The van der Waals surface area contributed by atoms with E-state index in [4.69, 9.17) is 0 Å². The Bertz CT molecular complexity index is 6420. The van der Waals surface area contributed by atoms with E-state index in [9.17, 15) is 0 Å². The molecule has 0 aliphatic carbocycles. The third-order valence-corrected chi connectivity index (χ3v) is 25.0. The van der Waals surface area contributed by atoms with E-state index in [0.29, 0.717) is 13.1 Å². The largest absolute Gasteiger partial charge is 0.340 e. The van der Waals surface area contributed by atoms with Gasteiger partial charge >= 0.3 is 0 Å². The molecule has 0 spiro atoms. The topological polar surface area (TPSA) is 6.48 Å². The molecule has 0 saturated carbocycles. The van der Waals surface area contributed by atoms with E-state index in [0.717, 1.165) is 112 Å². The number of benzene rings is 20. The molecule has 0 amide bonds. The number of hydrogen-bond acceptors (Lipinski definition) is 2. The number of anilines is 4. The highest BCUT2D eigenvalue weighted by Gasteiger charge is 2.20. The van der Waals surface area contributed by atoms with Crippen LogP contribution in [0.2, 0.25) is 0 Å². The predicted octanol–water partition coefficient (Wildman–Crippen LogP) is 34.4. The van der Waals surface area contributed by atoms with Crippen molar-refractivity contribution in [2.24, 2.45) is 0 Å². The molecule has 626 valence electrons. The van der Waals surface area contributed by atoms with E-state index < -0.39 is 0 Å². The molecule has 0 aromatic heterocycles. The number of hydrogen-bond donors (Lipinski definition) is 0. The highest BCUT2D eigenvalue weighted by atomic mass is 15.2. The molecule has 2 nitrogen and oxygen atoms in total. The third-order valence-electron chi connectivity index (χ3n) is 25.0. The Labute approximate surface area is 776 Å². The molecule has 0 heterocycles. The Morgan fingerprint density at radius 1 is 0.121 bits per heavy atom. The van der Waals surface area contributed by atoms with Gasteiger partial charge in [0, 0.05) is 35.8 Å². The third kappa shape index (κ3) is 19.7. The smallest absolute Gasteiger partial charge is 0.0411 e. The monoisotopic (exact) mass is 1680 g/mol. The summed E-state index contributed by atoms with van der Waals surface area (Å²) in [7, 11) is 0. The van der Waals surface area contributed by atoms with Crippen molar-refractivity contribution in [3.63, 3.8) is 0 Å². The Kier molecular flexibility index (Phi) is 25.1. The lowest BCUT2D eigenvalue weighted by atomic mass is 9.93. The van der Waals surface area contributed by atoms with E-state index in [1.165, 1.54) is 89.1 Å². The van der Waals surface area contributed by atoms with E-state index in [2.05, 4.69) is 568 Å². The predicted molar refractivity (Wildman–Crippen MR) is 563 cm³/mol. The average Bonchev–Trinajstić information content (AvgIpc) is 0.784. The molecule has 20 aromatic carbocycles. The van der Waals surface area contributed by atoms with Gasteiger partial charge in [-0.1, -0.05) is 485 Å². The molecule has 0 unspecified atom stereocenters. The van der Waals surface area contributed by atoms with Gasteiger partial charge in [0.15, 0.2) is 0 Å². The van der Waals surface area contributed by atoms with Crippen molar-refractivity contribution in [2.45, 2.75) is 0 Å². The minimum absolute atomic E-state index is 0.643. The summed E-state index contributed by atoms with van der Waals surface area (Å²) in [6, 6.07) is 194. The summed E-state index contributed by atoms with van der Waals surface area (Å²) in [6.07, 6.45) is 9.25. The fourth-order valence-electron chi connectivity index (χ4n) is 17.8. The summed E-state index contributed by atoms with van der Waals surface area (Å²) in [6.45, 7) is 1.29. The first-order chi connectivity index (χ1) is 65.4. The number of rotatable bonds is 27. The lowest BCUT2D eigenvalue weighted by molar-refractivity contribution is 0.886. The van der Waals surface area contributed by atoms with Crippen LogP contribution in [0.5, 0.6) is 0 Å². The molecule has 0 saturated heterocycles. The van der Waals surface area contributed by atoms with Crippen molar-refractivity contribution in [3.8, 4) is 89.0 Å². The van der Waals surface area contributed by atoms with Crippen LogP contribution in [-0.4, -0.2) is 13.1 Å². The molecular weight excluding hydrogens is 1590 g/mol. The molecule has 2 heteroatoms. The SMILES string of the molecule is C(=C(c1ccccc1)c1ccc(-c2ccc(N(CCN(c3ccc(-c4ccc(C(=Cc5ccc(-c6ccccc6)cc5)c5ccccc5)cc4)cc3)c3ccc(-c4ccc(C(=Cc5ccc(-c6ccccc6)cc5)c5ccccc5)cc4)cc3)c3ccc(-c4ccc(C(=Cc5ccc(-c6ccccc6)cc5)c5ccccc5)cc4)cc3)cc2)cc1)c1ccc(-c2ccccc2)cc1. The van der Waals surface area contributed by atoms with Crippen LogP contribution in [0.3, 0.4) is 0 Å². The lowest BCUT2D eigenvalue weighted by Gasteiger charge is -2.31. The molecule has 20 aromatic rings. The fraction of sp³-hybridized carbons (Fsp3) is 0.0154. The van der Waals surface area contributed by atoms with Gasteiger partial charge in [0.2, 0.25) is 0 Å². The average molecular weight is 1690 g/mol. The molecule has 0 N–H and O–H groups in total. The van der Waals surface area contributed by atoms with E-state index >= 15 is 0 Å². The summed E-state index contributed by atoms with van der Waals surface area (Å²) >= 11 is 0. The van der Waals surface area contributed by atoms with E-state index in [-0.39, 0.29) is 0 Å². The summed E-state index contributed by atoms with van der Waals surface area (Å²) in [5.41, 5.74) is 41.6. The van der Waals surface area contributed by atoms with Crippen molar-refractivity contribution in [3.05, 3.63) is 601 Å². The van der Waals surface area contributed by atoms with Gasteiger partial charge in [-0.3, -0.25) is 0 Å². The normalized spacial score (nSPS) is 11.7. The molecule has 0 fully saturated rings. The minimum Gasteiger partial charge on any atom is -0.340 e. The maximum absolute atomic E-state index is 2.49. The van der Waals surface area contributed by atoms with Crippen molar-refractivity contribution in [1.82, 2.24) is 0 Å². The summed E-state index contributed by atoms with van der Waals surface area (Å²) in [4.78, 5) is 4.97. The first-order valence-electron chi connectivity index (χ1n) is 45.5. The molecule has 20 rings (SSSR count). The van der Waals surface area contributed by atoms with Crippen LogP contribution in [0.4, 0.5) is 22.7 Å². The van der Waals surface area contributed by atoms with Gasteiger partial charge in [0.25, 0.3) is 0 Å². The zero-order valence-electron chi connectivity index (χ0n) is 73.4. The van der Waals surface area contributed by atoms with E-state index in [1.54, 1.807) is 0 Å². The molecule has 0 radical (unpaired) electrons. The van der Waals surface area contributed by atoms with Crippen molar-refractivity contribution in [1.29, 1.82) is 0 Å². The second-order valence-corrected chi connectivity index (χ2v) is 33.4. The fourth-order valence-corrected chi connectivity index (χ4v) is 17.8. The van der Waals surface area contributed by atoms with Crippen molar-refractivity contribution >= 4 is 69.3 Å². The Morgan fingerprint density at radius 2 is 0.242 bits per heavy atom. The van der Waals surface area contributed by atoms with Crippen LogP contribution in [0.15, 0.2) is 534 Å². The minimum atomic E-state index is 0.643. The standard InChI is InChI=1S/C130H96N2/c1-9-25-99(26-10-1)103-49-41-95(42-50-103)91-127(115-33-17-5-18-34-115)119-65-57-107(58-66-119)111-73-81-123(82-74-111)131(124-83-75-112(76-84-124)108-59-67-120(68-60-108)128(116-35-19-6-20-36-116)92-96-43-51-104(52-44-96)100-27-11-2-12-28-100)89-90-132(125-85-77-113(78-86-125)109-61-69-121(70-62-109)129(117-37-21-7-22-38-117)93-97-45-53-105(54-46-97)101-29-13-3-14-30-101)126-87-79-114(80-88-126)110-63-71-122(72-64-110)130(118-39-23-8-24-40-118)94-98-47-55-106(56-48-98)102-31-15-4-16-32-102/h1-88,91-94H,89-90H2. The highest BCUT2D eigenvalue weighted by molar-refractivity contribution is 5.97. The Hall–Kier alpha value is -17.0. The van der Waals surface area contributed by atoms with Gasteiger partial charge in [0.05, 0.1) is 0 Å². The van der Waals surface area contributed by atoms with Crippen LogP contribution in [0, 0.1) is 0 Å². The summed E-state index contributed by atoms with van der Waals surface area (Å²) in [5.74, 6) is 0. The Balaban J connectivity index is 0.631. The maximum atomic E-state index is 2.49. The maximum Gasteiger partial charge on any atom is 0.0411 e. The van der Waals surface area contributed by atoms with Crippen LogP contribution < -0.4 is 9.80 Å². The summed E-state index contributed by atoms with van der Waals surface area (Å²) < 4.78 is 0. The van der Waals surface area contributed by atoms with Gasteiger partial charge < -0.3 is 9.80 Å². The van der Waals surface area contributed by atoms with Gasteiger partial charge in [0.1, 0.15) is 0 Å². The van der Waals surface area contributed by atoms with Gasteiger partial charge in [-0.2, -0.15) is 0 Å². The van der Waals surface area contributed by atoms with Crippen LogP contribution in [0.1, 0.15) is 66.8 Å². The number of nitrogens with zero attached hydrogens (tertiary/aromatic N) is 2. The molecule has 0 bridgehead atoms. The first kappa shape index (κ1) is 83.2. The second-order valence-electron chi connectivity index (χ2n) is 33.4. The highest BCUT2D eigenvalue weighted by Crippen LogP contribution is 2.40. The lowest BCUT2D eigenvalue weighted by Crippen LogP contribution is -2.30. The zero-order valence-corrected chi connectivity index (χ0v) is 73.4. The van der Waals surface area contributed by atoms with Crippen LogP contribution in [0.25, 0.3) is 136 Å². The molecular formula is C130H96N2.